The average Bonchev–Trinajstić information content (AvgIpc) is 2.34. The zero-order chi connectivity index (χ0) is 16.0. The Morgan fingerprint density at radius 3 is 2.00 bits per heavy atom. The third-order valence-electron chi connectivity index (χ3n) is 4.05. The van der Waals surface area contributed by atoms with E-state index in [0.29, 0.717) is 19.3 Å². The van der Waals surface area contributed by atoms with Gasteiger partial charge < -0.3 is 18.4 Å². The molecule has 5 nitrogen and oxygen atoms in total. The van der Waals surface area contributed by atoms with Crippen LogP contribution in [0.2, 0.25) is 18.1 Å². The molecule has 122 valence electrons. The van der Waals surface area contributed by atoms with Crippen LogP contribution in [0.4, 0.5) is 0 Å². The molecular formula is C13H32NO4PSi. The standard InChI is InChI=1S/C13H32NO4PSi/c1-13(2,3)20(7,8)18-11-9-14(4)10-12-19(15,16-5)17-6/h9-12H2,1-8H3. The van der Waals surface area contributed by atoms with Crippen LogP contribution in [0, 0.1) is 0 Å². The van der Waals surface area contributed by atoms with E-state index in [4.69, 9.17) is 13.5 Å². The van der Waals surface area contributed by atoms with Gasteiger partial charge in [-0.25, -0.2) is 0 Å². The van der Waals surface area contributed by atoms with Gasteiger partial charge in [0.2, 0.25) is 0 Å². The summed E-state index contributed by atoms with van der Waals surface area (Å²) in [7, 11) is 0.258. The number of rotatable bonds is 9. The Bertz CT molecular complexity index is 323. The summed E-state index contributed by atoms with van der Waals surface area (Å²) in [5.74, 6) is 0. The fraction of sp³-hybridized carbons (Fsp3) is 1.00. The van der Waals surface area contributed by atoms with E-state index in [1.807, 2.05) is 7.05 Å². The fourth-order valence-corrected chi connectivity index (χ4v) is 3.47. The molecule has 0 aromatic rings. The highest BCUT2D eigenvalue weighted by molar-refractivity contribution is 7.53. The highest BCUT2D eigenvalue weighted by Gasteiger charge is 2.36. The van der Waals surface area contributed by atoms with Crippen LogP contribution >= 0.6 is 7.60 Å². The highest BCUT2D eigenvalue weighted by Crippen LogP contribution is 2.45. The summed E-state index contributed by atoms with van der Waals surface area (Å²) < 4.78 is 27.9. The molecular weight excluding hydrogens is 293 g/mol. The van der Waals surface area contributed by atoms with E-state index < -0.39 is 15.9 Å². The van der Waals surface area contributed by atoms with Gasteiger partial charge in [-0.1, -0.05) is 20.8 Å². The lowest BCUT2D eigenvalue weighted by atomic mass is 10.2. The zero-order valence-electron chi connectivity index (χ0n) is 14.4. The molecule has 0 aliphatic rings. The second-order valence-corrected chi connectivity index (χ2v) is 13.8. The maximum atomic E-state index is 11.9. The van der Waals surface area contributed by atoms with Gasteiger partial charge >= 0.3 is 7.60 Å². The van der Waals surface area contributed by atoms with Crippen molar-refractivity contribution >= 4 is 15.9 Å². The van der Waals surface area contributed by atoms with Gasteiger partial charge in [0.05, 0.1) is 6.16 Å². The van der Waals surface area contributed by atoms with E-state index in [1.54, 1.807) is 0 Å². The van der Waals surface area contributed by atoms with Gasteiger partial charge in [0.25, 0.3) is 0 Å². The summed E-state index contributed by atoms with van der Waals surface area (Å²) in [5, 5.41) is 0.230. The molecule has 0 unspecified atom stereocenters. The highest BCUT2D eigenvalue weighted by atomic mass is 31.2. The molecule has 0 heterocycles. The second-order valence-electron chi connectivity index (χ2n) is 6.61. The summed E-state index contributed by atoms with van der Waals surface area (Å²) in [5.41, 5.74) is 0. The molecule has 0 saturated heterocycles. The van der Waals surface area contributed by atoms with Gasteiger partial charge in [0, 0.05) is 33.9 Å². The molecule has 0 rings (SSSR count). The van der Waals surface area contributed by atoms with E-state index >= 15 is 0 Å². The van der Waals surface area contributed by atoms with Crippen molar-refractivity contribution in [3.63, 3.8) is 0 Å². The Hall–Kier alpha value is 0.287. The van der Waals surface area contributed by atoms with Gasteiger partial charge in [0.1, 0.15) is 0 Å². The largest absolute Gasteiger partial charge is 0.416 e. The van der Waals surface area contributed by atoms with Crippen molar-refractivity contribution in [2.24, 2.45) is 0 Å². The van der Waals surface area contributed by atoms with Crippen LogP contribution in [0.5, 0.6) is 0 Å². The van der Waals surface area contributed by atoms with E-state index in [1.165, 1.54) is 14.2 Å². The smallest absolute Gasteiger partial charge is 0.331 e. The Morgan fingerprint density at radius 2 is 1.60 bits per heavy atom. The maximum absolute atomic E-state index is 11.9. The first-order valence-electron chi connectivity index (χ1n) is 7.00. The summed E-state index contributed by atoms with van der Waals surface area (Å²) in [6, 6.07) is 0. The molecule has 0 radical (unpaired) electrons. The summed E-state index contributed by atoms with van der Waals surface area (Å²) >= 11 is 0. The van der Waals surface area contributed by atoms with Gasteiger partial charge in [-0.05, 0) is 25.2 Å². The van der Waals surface area contributed by atoms with Crippen LogP contribution in [-0.4, -0.2) is 60.3 Å². The molecule has 0 aliphatic heterocycles. The van der Waals surface area contributed by atoms with Gasteiger partial charge in [-0.3, -0.25) is 4.57 Å². The monoisotopic (exact) mass is 325 g/mol. The van der Waals surface area contributed by atoms with Crippen molar-refractivity contribution in [3.8, 4) is 0 Å². The molecule has 0 atom stereocenters. The fourth-order valence-electron chi connectivity index (χ4n) is 1.34. The third kappa shape index (κ3) is 6.83. The minimum Gasteiger partial charge on any atom is -0.416 e. The van der Waals surface area contributed by atoms with Crippen LogP contribution < -0.4 is 0 Å². The molecule has 0 aromatic carbocycles. The van der Waals surface area contributed by atoms with E-state index in [9.17, 15) is 4.57 Å². The minimum absolute atomic E-state index is 0.230. The van der Waals surface area contributed by atoms with Crippen LogP contribution in [0.3, 0.4) is 0 Å². The van der Waals surface area contributed by atoms with Crippen molar-refractivity contribution in [2.45, 2.75) is 38.9 Å². The predicted molar refractivity (Wildman–Crippen MR) is 87.1 cm³/mol. The first-order chi connectivity index (χ1) is 8.97. The zero-order valence-corrected chi connectivity index (χ0v) is 16.3. The lowest BCUT2D eigenvalue weighted by Gasteiger charge is -2.36. The summed E-state index contributed by atoms with van der Waals surface area (Å²) in [6.07, 6.45) is 0.399. The Labute approximate surface area is 125 Å². The molecule has 0 aliphatic carbocycles. The SMILES string of the molecule is COP(=O)(CCN(C)CCO[Si](C)(C)C(C)(C)C)OC. The second kappa shape index (κ2) is 8.06. The van der Waals surface area contributed by atoms with Crippen LogP contribution in [0.1, 0.15) is 20.8 Å². The normalized spacial score (nSPS) is 14.1. The lowest BCUT2D eigenvalue weighted by Crippen LogP contribution is -2.42. The van der Waals surface area contributed by atoms with Crippen molar-refractivity contribution in [1.29, 1.82) is 0 Å². The van der Waals surface area contributed by atoms with Crippen LogP contribution in [0.25, 0.3) is 0 Å². The van der Waals surface area contributed by atoms with Crippen molar-refractivity contribution < 1.29 is 18.0 Å². The maximum Gasteiger partial charge on any atom is 0.331 e. The van der Waals surface area contributed by atoms with E-state index in [2.05, 4.69) is 38.8 Å². The summed E-state index contributed by atoms with van der Waals surface area (Å²) in [4.78, 5) is 2.10. The number of likely N-dealkylation sites (N-methyl/N-ethyl adjacent to an activating group) is 1. The first kappa shape index (κ1) is 20.3. The minimum atomic E-state index is -2.90. The predicted octanol–water partition coefficient (Wildman–Crippen LogP) is 3.43. The Morgan fingerprint density at radius 1 is 1.10 bits per heavy atom. The van der Waals surface area contributed by atoms with Gasteiger partial charge in [-0.15, -0.1) is 0 Å². The molecule has 0 aromatic heterocycles. The van der Waals surface area contributed by atoms with Crippen LogP contribution in [-0.2, 0) is 18.0 Å². The molecule has 7 heteroatoms. The van der Waals surface area contributed by atoms with Gasteiger partial charge in [0.15, 0.2) is 8.32 Å². The molecule has 0 saturated carbocycles. The Balaban J connectivity index is 4.08. The van der Waals surface area contributed by atoms with Gasteiger partial charge in [-0.2, -0.15) is 0 Å². The molecule has 20 heavy (non-hydrogen) atoms. The summed E-state index contributed by atoms with van der Waals surface area (Å²) in [6.45, 7) is 13.4. The van der Waals surface area contributed by atoms with Crippen LogP contribution in [0.15, 0.2) is 0 Å². The topological polar surface area (TPSA) is 48.0 Å². The average molecular weight is 325 g/mol. The van der Waals surface area contributed by atoms with E-state index in [0.717, 1.165) is 6.54 Å². The molecule has 0 amide bonds. The third-order valence-corrected chi connectivity index (χ3v) is 10.5. The van der Waals surface area contributed by atoms with Crippen molar-refractivity contribution in [1.82, 2.24) is 4.90 Å². The first-order valence-corrected chi connectivity index (χ1v) is 11.6. The quantitative estimate of drug-likeness (QED) is 0.480. The number of hydrogen-bond acceptors (Lipinski definition) is 5. The molecule has 0 spiro atoms. The van der Waals surface area contributed by atoms with E-state index in [-0.39, 0.29) is 5.04 Å². The number of hydrogen-bond donors (Lipinski definition) is 0. The van der Waals surface area contributed by atoms with Crippen molar-refractivity contribution in [2.75, 3.05) is 47.1 Å². The number of nitrogens with zero attached hydrogens (tertiary/aromatic N) is 1. The lowest BCUT2D eigenvalue weighted by molar-refractivity contribution is 0.222. The Kier molecular flexibility index (Phi) is 8.18. The molecule has 0 fully saturated rings. The molecule has 0 bridgehead atoms. The molecule has 0 N–H and O–H groups in total. The van der Waals surface area contributed by atoms with Crippen molar-refractivity contribution in [3.05, 3.63) is 0 Å².